The monoisotopic (exact) mass is 235 g/mol. The summed E-state index contributed by atoms with van der Waals surface area (Å²) in [5.74, 6) is -0.158. The van der Waals surface area contributed by atoms with E-state index in [4.69, 9.17) is 11.5 Å². The fourth-order valence-electron chi connectivity index (χ4n) is 1.46. The number of nitrogens with one attached hydrogen (secondary N) is 1. The van der Waals surface area contributed by atoms with E-state index in [1.165, 1.54) is 0 Å². The van der Waals surface area contributed by atoms with Crippen LogP contribution < -0.4 is 16.8 Å². The summed E-state index contributed by atoms with van der Waals surface area (Å²) in [6, 6.07) is 7.14. The maximum Gasteiger partial charge on any atom is 0.241 e. The molecule has 0 aliphatic heterocycles. The first kappa shape index (κ1) is 13.7. The van der Waals surface area contributed by atoms with Crippen molar-refractivity contribution in [2.75, 3.05) is 6.54 Å². The van der Waals surface area contributed by atoms with Gasteiger partial charge in [0.25, 0.3) is 0 Å². The minimum Gasteiger partial charge on any atom is -0.354 e. The molecule has 0 heterocycles. The molecule has 4 heteroatoms. The van der Waals surface area contributed by atoms with Crippen LogP contribution in [0, 0.1) is 6.92 Å². The van der Waals surface area contributed by atoms with E-state index in [2.05, 4.69) is 5.32 Å². The average molecular weight is 235 g/mol. The zero-order chi connectivity index (χ0) is 12.8. The third kappa shape index (κ3) is 4.54. The molecule has 2 atom stereocenters. The Balaban J connectivity index is 2.49. The number of aryl methyl sites for hydroxylation is 1. The smallest absolute Gasteiger partial charge is 0.241 e. The van der Waals surface area contributed by atoms with Crippen LogP contribution in [-0.4, -0.2) is 18.5 Å². The van der Waals surface area contributed by atoms with Crippen LogP contribution in [0.2, 0.25) is 0 Å². The largest absolute Gasteiger partial charge is 0.354 e. The topological polar surface area (TPSA) is 81.1 Å². The van der Waals surface area contributed by atoms with E-state index < -0.39 is 6.04 Å². The molecule has 2 unspecified atom stereocenters. The van der Waals surface area contributed by atoms with Gasteiger partial charge in [-0.2, -0.15) is 0 Å². The van der Waals surface area contributed by atoms with E-state index in [9.17, 15) is 4.79 Å². The molecule has 0 aromatic heterocycles. The summed E-state index contributed by atoms with van der Waals surface area (Å²) < 4.78 is 0. The van der Waals surface area contributed by atoms with Crippen molar-refractivity contribution in [3.05, 3.63) is 35.4 Å². The zero-order valence-electron chi connectivity index (χ0n) is 10.4. The molecule has 0 aliphatic rings. The van der Waals surface area contributed by atoms with Crippen LogP contribution in [0.3, 0.4) is 0 Å². The number of hydrogen-bond acceptors (Lipinski definition) is 3. The highest BCUT2D eigenvalue weighted by molar-refractivity contribution is 5.82. The second kappa shape index (κ2) is 6.37. The van der Waals surface area contributed by atoms with Crippen LogP contribution in [0.4, 0.5) is 0 Å². The number of carbonyl (C=O) groups excluding carboxylic acids is 1. The highest BCUT2D eigenvalue weighted by atomic mass is 16.2. The van der Waals surface area contributed by atoms with E-state index in [1.54, 1.807) is 0 Å². The molecule has 1 rings (SSSR count). The summed E-state index contributed by atoms with van der Waals surface area (Å²) in [6.45, 7) is 4.47. The van der Waals surface area contributed by atoms with Gasteiger partial charge in [-0.25, -0.2) is 0 Å². The number of rotatable bonds is 5. The van der Waals surface area contributed by atoms with E-state index >= 15 is 0 Å². The van der Waals surface area contributed by atoms with Crippen LogP contribution in [0.15, 0.2) is 24.3 Å². The number of carbonyl (C=O) groups is 1. The Hall–Kier alpha value is -1.39. The number of nitrogens with two attached hydrogens (primary N) is 2. The van der Waals surface area contributed by atoms with Crippen molar-refractivity contribution in [2.45, 2.75) is 32.4 Å². The fourth-order valence-corrected chi connectivity index (χ4v) is 1.46. The molecule has 17 heavy (non-hydrogen) atoms. The van der Waals surface area contributed by atoms with Gasteiger partial charge >= 0.3 is 0 Å². The Kier molecular flexibility index (Phi) is 5.12. The summed E-state index contributed by atoms with van der Waals surface area (Å²) in [5, 5.41) is 2.78. The van der Waals surface area contributed by atoms with E-state index in [0.29, 0.717) is 6.54 Å². The van der Waals surface area contributed by atoms with E-state index in [-0.39, 0.29) is 11.9 Å². The van der Waals surface area contributed by atoms with Crippen LogP contribution in [0.1, 0.15) is 30.5 Å². The van der Waals surface area contributed by atoms with Crippen LogP contribution >= 0.6 is 0 Å². The Morgan fingerprint density at radius 2 is 1.88 bits per heavy atom. The highest BCUT2D eigenvalue weighted by Crippen LogP contribution is 2.11. The lowest BCUT2D eigenvalue weighted by atomic mass is 10.1. The summed E-state index contributed by atoms with van der Waals surface area (Å²) >= 11 is 0. The number of hydrogen-bond donors (Lipinski definition) is 3. The maximum atomic E-state index is 11.7. The van der Waals surface area contributed by atoms with Crippen LogP contribution in [0.25, 0.3) is 0 Å². The zero-order valence-corrected chi connectivity index (χ0v) is 10.4. The molecule has 0 aliphatic carbocycles. The van der Waals surface area contributed by atoms with Gasteiger partial charge in [0, 0.05) is 12.6 Å². The molecule has 0 saturated heterocycles. The predicted molar refractivity (Wildman–Crippen MR) is 69.4 cm³/mol. The van der Waals surface area contributed by atoms with Crippen molar-refractivity contribution < 1.29 is 4.79 Å². The normalized spacial score (nSPS) is 14.1. The molecule has 0 saturated carbocycles. The molecule has 0 radical (unpaired) electrons. The van der Waals surface area contributed by atoms with Gasteiger partial charge in [-0.15, -0.1) is 0 Å². The Bertz CT molecular complexity index is 359. The van der Waals surface area contributed by atoms with Gasteiger partial charge in [0.05, 0.1) is 0 Å². The first-order valence-corrected chi connectivity index (χ1v) is 5.86. The standard InChI is InChI=1S/C13H21N3O/c1-9-3-5-11(6-4-9)12(15)13(17)16-8-7-10(2)14/h3-6,10,12H,7-8,14-15H2,1-2H3,(H,16,17). The highest BCUT2D eigenvalue weighted by Gasteiger charge is 2.14. The number of amides is 1. The molecule has 5 N–H and O–H groups in total. The molecule has 94 valence electrons. The quantitative estimate of drug-likeness (QED) is 0.707. The van der Waals surface area contributed by atoms with Gasteiger partial charge < -0.3 is 16.8 Å². The molecular weight excluding hydrogens is 214 g/mol. The van der Waals surface area contributed by atoms with E-state index in [0.717, 1.165) is 17.5 Å². The summed E-state index contributed by atoms with van der Waals surface area (Å²) in [5.41, 5.74) is 13.4. The van der Waals surface area contributed by atoms with Gasteiger partial charge in [-0.05, 0) is 25.8 Å². The maximum absolute atomic E-state index is 11.7. The lowest BCUT2D eigenvalue weighted by Crippen LogP contribution is -2.36. The van der Waals surface area contributed by atoms with Gasteiger partial charge in [-0.1, -0.05) is 29.8 Å². The van der Waals surface area contributed by atoms with Crippen molar-refractivity contribution in [3.63, 3.8) is 0 Å². The molecule has 0 spiro atoms. The van der Waals surface area contributed by atoms with E-state index in [1.807, 2.05) is 38.1 Å². The van der Waals surface area contributed by atoms with Crippen molar-refractivity contribution in [3.8, 4) is 0 Å². The fraction of sp³-hybridized carbons (Fsp3) is 0.462. The third-order valence-corrected chi connectivity index (χ3v) is 2.62. The third-order valence-electron chi connectivity index (χ3n) is 2.62. The van der Waals surface area contributed by atoms with Gasteiger partial charge in [0.15, 0.2) is 0 Å². The molecule has 0 bridgehead atoms. The minimum atomic E-state index is -0.608. The molecule has 1 aromatic rings. The average Bonchev–Trinajstić information content (AvgIpc) is 2.28. The molecule has 1 amide bonds. The van der Waals surface area contributed by atoms with Crippen molar-refractivity contribution in [1.29, 1.82) is 0 Å². The molecular formula is C13H21N3O. The second-order valence-electron chi connectivity index (χ2n) is 4.45. The van der Waals surface area contributed by atoms with Crippen molar-refractivity contribution in [1.82, 2.24) is 5.32 Å². The van der Waals surface area contributed by atoms with Crippen LogP contribution in [-0.2, 0) is 4.79 Å². The molecule has 1 aromatic carbocycles. The number of benzene rings is 1. The summed E-state index contributed by atoms with van der Waals surface area (Å²) in [4.78, 5) is 11.7. The molecule has 4 nitrogen and oxygen atoms in total. The first-order chi connectivity index (χ1) is 8.00. The lowest BCUT2D eigenvalue weighted by molar-refractivity contribution is -0.122. The predicted octanol–water partition coefficient (Wildman–Crippen LogP) is 0.848. The van der Waals surface area contributed by atoms with Crippen molar-refractivity contribution >= 4 is 5.91 Å². The second-order valence-corrected chi connectivity index (χ2v) is 4.45. The van der Waals surface area contributed by atoms with Gasteiger partial charge in [0.2, 0.25) is 5.91 Å². The van der Waals surface area contributed by atoms with Gasteiger partial charge in [-0.3, -0.25) is 4.79 Å². The van der Waals surface area contributed by atoms with Gasteiger partial charge in [0.1, 0.15) is 6.04 Å². The SMILES string of the molecule is Cc1ccc(C(N)C(=O)NCCC(C)N)cc1. The Labute approximate surface area is 102 Å². The summed E-state index contributed by atoms with van der Waals surface area (Å²) in [6.07, 6.45) is 0.756. The molecule has 0 fully saturated rings. The first-order valence-electron chi connectivity index (χ1n) is 5.86. The van der Waals surface area contributed by atoms with Crippen LogP contribution in [0.5, 0.6) is 0 Å². The minimum absolute atomic E-state index is 0.0888. The summed E-state index contributed by atoms with van der Waals surface area (Å²) in [7, 11) is 0. The van der Waals surface area contributed by atoms with Crippen molar-refractivity contribution in [2.24, 2.45) is 11.5 Å². The Morgan fingerprint density at radius 3 is 2.41 bits per heavy atom. The lowest BCUT2D eigenvalue weighted by Gasteiger charge is -2.13. The Morgan fingerprint density at radius 1 is 1.29 bits per heavy atom.